The van der Waals surface area contributed by atoms with Gasteiger partial charge >= 0.3 is 0 Å². The predicted molar refractivity (Wildman–Crippen MR) is 67.4 cm³/mol. The molecule has 1 heterocycles. The average Bonchev–Trinajstić information content (AvgIpc) is 2.40. The fourth-order valence-electron chi connectivity index (χ4n) is 1.33. The number of benzene rings is 1. The topological polar surface area (TPSA) is 75.1 Å². The van der Waals surface area contributed by atoms with Gasteiger partial charge in [0.25, 0.3) is 0 Å². The number of anilines is 1. The van der Waals surface area contributed by atoms with E-state index >= 15 is 0 Å². The summed E-state index contributed by atoms with van der Waals surface area (Å²) in [6.07, 6.45) is 1.62. The first-order valence-corrected chi connectivity index (χ1v) is 5.56. The van der Waals surface area contributed by atoms with Crippen LogP contribution in [0.25, 0.3) is 0 Å². The highest BCUT2D eigenvalue weighted by atomic mass is 35.5. The molecule has 0 aliphatic rings. The van der Waals surface area contributed by atoms with Crippen LogP contribution in [0.2, 0.25) is 5.02 Å². The molecular weight excluding hydrogens is 254 g/mol. The van der Waals surface area contributed by atoms with Crippen LogP contribution in [0.5, 0.6) is 0 Å². The molecule has 1 atom stereocenters. The van der Waals surface area contributed by atoms with Gasteiger partial charge in [0.15, 0.2) is 6.23 Å². The normalized spacial score (nSPS) is 11.9. The van der Waals surface area contributed by atoms with Crippen molar-refractivity contribution < 1.29 is 9.90 Å². The van der Waals surface area contributed by atoms with Gasteiger partial charge in [-0.1, -0.05) is 11.6 Å². The zero-order valence-corrected chi connectivity index (χ0v) is 10.0. The first-order valence-electron chi connectivity index (χ1n) is 5.18. The zero-order valence-electron chi connectivity index (χ0n) is 9.25. The molecule has 2 N–H and O–H groups in total. The van der Waals surface area contributed by atoms with E-state index in [0.717, 1.165) is 0 Å². The zero-order chi connectivity index (χ0) is 13.0. The van der Waals surface area contributed by atoms with Crippen molar-refractivity contribution in [3.63, 3.8) is 0 Å². The van der Waals surface area contributed by atoms with Crippen LogP contribution < -0.4 is 5.32 Å². The average molecular weight is 264 g/mol. The van der Waals surface area contributed by atoms with E-state index in [-0.39, 0.29) is 5.95 Å². The summed E-state index contributed by atoms with van der Waals surface area (Å²) in [5.74, 6) is -0.286. The van der Waals surface area contributed by atoms with Gasteiger partial charge in [0.05, 0.1) is 0 Å². The summed E-state index contributed by atoms with van der Waals surface area (Å²) in [6.45, 7) is 0. The van der Waals surface area contributed by atoms with Crippen LogP contribution in [-0.4, -0.2) is 27.1 Å². The van der Waals surface area contributed by atoms with E-state index < -0.39 is 12.0 Å². The Kier molecular flexibility index (Phi) is 3.86. The number of nitrogens with one attached hydrogen (secondary N) is 1. The van der Waals surface area contributed by atoms with Crippen LogP contribution >= 0.6 is 11.6 Å². The molecule has 18 heavy (non-hydrogen) atoms. The molecule has 0 fully saturated rings. The number of nitrogens with zero attached hydrogens (tertiary/aromatic N) is 2. The summed E-state index contributed by atoms with van der Waals surface area (Å²) in [5.41, 5.74) is 0.357. The monoisotopic (exact) mass is 263 g/mol. The van der Waals surface area contributed by atoms with Gasteiger partial charge in [-0.05, 0) is 30.3 Å². The Hall–Kier alpha value is -1.98. The highest BCUT2D eigenvalue weighted by Crippen LogP contribution is 2.11. The standard InChI is InChI=1S/C12H10ClN3O2/c13-9-4-2-8(3-5-9)10(17)11(18)16-12-14-6-1-7-15-12/h1-7,11,18H,(H,14,15,16). The SMILES string of the molecule is O=C(c1ccc(Cl)cc1)C(O)Nc1ncccn1. The van der Waals surface area contributed by atoms with Crippen LogP contribution in [0.15, 0.2) is 42.7 Å². The quantitative estimate of drug-likeness (QED) is 0.649. The largest absolute Gasteiger partial charge is 0.367 e. The van der Waals surface area contributed by atoms with Gasteiger partial charge in [-0.3, -0.25) is 4.79 Å². The van der Waals surface area contributed by atoms with Crippen molar-refractivity contribution in [2.75, 3.05) is 5.32 Å². The Balaban J connectivity index is 2.07. The van der Waals surface area contributed by atoms with E-state index in [1.54, 1.807) is 30.3 Å². The number of hydrogen-bond donors (Lipinski definition) is 2. The molecule has 5 nitrogen and oxygen atoms in total. The maximum atomic E-state index is 11.8. The number of hydrogen-bond acceptors (Lipinski definition) is 5. The minimum atomic E-state index is -1.39. The van der Waals surface area contributed by atoms with Crippen molar-refractivity contribution in [2.24, 2.45) is 0 Å². The molecule has 0 bridgehead atoms. The number of carbonyl (C=O) groups is 1. The number of aliphatic hydroxyl groups excluding tert-OH is 1. The number of aromatic nitrogens is 2. The maximum Gasteiger partial charge on any atom is 0.224 e. The van der Waals surface area contributed by atoms with Crippen LogP contribution in [-0.2, 0) is 0 Å². The van der Waals surface area contributed by atoms with Crippen LogP contribution in [0.4, 0.5) is 5.95 Å². The first kappa shape index (κ1) is 12.5. The lowest BCUT2D eigenvalue weighted by molar-refractivity contribution is 0.0792. The van der Waals surface area contributed by atoms with Crippen molar-refractivity contribution in [2.45, 2.75) is 6.23 Å². The summed E-state index contributed by atoms with van der Waals surface area (Å²) in [5, 5.41) is 12.8. The molecule has 1 unspecified atom stereocenters. The molecule has 0 spiro atoms. The summed E-state index contributed by atoms with van der Waals surface area (Å²) in [7, 11) is 0. The van der Waals surface area contributed by atoms with Crippen LogP contribution in [0, 0.1) is 0 Å². The van der Waals surface area contributed by atoms with Crippen molar-refractivity contribution in [3.05, 3.63) is 53.3 Å². The highest BCUT2D eigenvalue weighted by Gasteiger charge is 2.17. The van der Waals surface area contributed by atoms with Crippen LogP contribution in [0.1, 0.15) is 10.4 Å². The lowest BCUT2D eigenvalue weighted by Gasteiger charge is -2.11. The summed E-state index contributed by atoms with van der Waals surface area (Å²) < 4.78 is 0. The molecule has 0 radical (unpaired) electrons. The van der Waals surface area contributed by atoms with Crippen molar-refractivity contribution >= 4 is 23.3 Å². The molecule has 0 aliphatic carbocycles. The van der Waals surface area contributed by atoms with Gasteiger partial charge < -0.3 is 10.4 Å². The van der Waals surface area contributed by atoms with E-state index in [9.17, 15) is 9.90 Å². The Morgan fingerprint density at radius 1 is 1.22 bits per heavy atom. The van der Waals surface area contributed by atoms with E-state index in [4.69, 9.17) is 11.6 Å². The van der Waals surface area contributed by atoms with Gasteiger partial charge in [0.1, 0.15) is 0 Å². The molecule has 1 aromatic heterocycles. The van der Waals surface area contributed by atoms with E-state index in [2.05, 4.69) is 15.3 Å². The number of rotatable bonds is 4. The Morgan fingerprint density at radius 2 is 1.83 bits per heavy atom. The van der Waals surface area contributed by atoms with Gasteiger partial charge in [0, 0.05) is 23.0 Å². The molecule has 92 valence electrons. The second kappa shape index (κ2) is 5.57. The van der Waals surface area contributed by atoms with Gasteiger partial charge in [-0.25, -0.2) is 9.97 Å². The predicted octanol–water partition coefficient (Wildman–Crippen LogP) is 1.74. The molecule has 0 amide bonds. The number of Topliss-reactive ketones (excluding diaryl/α,β-unsaturated/α-hetero) is 1. The van der Waals surface area contributed by atoms with Crippen molar-refractivity contribution in [1.29, 1.82) is 0 Å². The second-order valence-corrected chi connectivity index (χ2v) is 3.93. The Morgan fingerprint density at radius 3 is 2.44 bits per heavy atom. The molecule has 2 rings (SSSR count). The van der Waals surface area contributed by atoms with Gasteiger partial charge in [-0.15, -0.1) is 0 Å². The molecule has 6 heteroatoms. The summed E-state index contributed by atoms with van der Waals surface area (Å²) in [6, 6.07) is 7.89. The van der Waals surface area contributed by atoms with E-state index in [1.807, 2.05) is 0 Å². The Bertz CT molecular complexity index is 531. The highest BCUT2D eigenvalue weighted by molar-refractivity contribution is 6.30. The van der Waals surface area contributed by atoms with E-state index in [1.165, 1.54) is 12.4 Å². The summed E-state index contributed by atoms with van der Waals surface area (Å²) in [4.78, 5) is 19.6. The molecular formula is C12H10ClN3O2. The van der Waals surface area contributed by atoms with Crippen LogP contribution in [0.3, 0.4) is 0 Å². The minimum absolute atomic E-state index is 0.187. The Labute approximate surface area is 108 Å². The fraction of sp³-hybridized carbons (Fsp3) is 0.0833. The second-order valence-electron chi connectivity index (χ2n) is 3.49. The number of carbonyl (C=O) groups excluding carboxylic acids is 1. The molecule has 2 aromatic rings. The van der Waals surface area contributed by atoms with Gasteiger partial charge in [-0.2, -0.15) is 0 Å². The third-order valence-corrected chi connectivity index (χ3v) is 2.46. The molecule has 0 aliphatic heterocycles. The first-order chi connectivity index (χ1) is 8.66. The van der Waals surface area contributed by atoms with Gasteiger partial charge in [0.2, 0.25) is 11.7 Å². The molecule has 1 aromatic carbocycles. The minimum Gasteiger partial charge on any atom is -0.367 e. The number of ketones is 1. The third kappa shape index (κ3) is 3.03. The molecule has 0 saturated carbocycles. The summed E-state index contributed by atoms with van der Waals surface area (Å²) >= 11 is 5.72. The third-order valence-electron chi connectivity index (χ3n) is 2.21. The lowest BCUT2D eigenvalue weighted by atomic mass is 10.1. The van der Waals surface area contributed by atoms with Crippen molar-refractivity contribution in [1.82, 2.24) is 9.97 Å². The fourth-order valence-corrected chi connectivity index (χ4v) is 1.46. The maximum absolute atomic E-state index is 11.8. The number of aliphatic hydroxyl groups is 1. The smallest absolute Gasteiger partial charge is 0.224 e. The lowest BCUT2D eigenvalue weighted by Crippen LogP contribution is -2.29. The van der Waals surface area contributed by atoms with Crippen molar-refractivity contribution in [3.8, 4) is 0 Å². The number of halogens is 1. The van der Waals surface area contributed by atoms with E-state index in [0.29, 0.717) is 10.6 Å². The molecule has 0 saturated heterocycles.